The molecule has 0 aromatic rings. The van der Waals surface area contributed by atoms with Gasteiger partial charge in [0.05, 0.1) is 30.7 Å². The Morgan fingerprint density at radius 1 is 1.16 bits per heavy atom. The highest BCUT2D eigenvalue weighted by Crippen LogP contribution is 2.43. The molecule has 0 saturated carbocycles. The summed E-state index contributed by atoms with van der Waals surface area (Å²) in [6.07, 6.45) is 4.27. The first kappa shape index (κ1) is 35.6. The zero-order chi connectivity index (χ0) is 31.5. The molecule has 3 aliphatic rings. The number of amides is 2. The summed E-state index contributed by atoms with van der Waals surface area (Å²) in [5.41, 5.74) is 1.12. The van der Waals surface area contributed by atoms with E-state index in [1.54, 1.807) is 28.5 Å². The van der Waals surface area contributed by atoms with E-state index in [-0.39, 0.29) is 47.7 Å². The van der Waals surface area contributed by atoms with Crippen molar-refractivity contribution in [3.8, 4) is 0 Å². The van der Waals surface area contributed by atoms with Crippen LogP contribution < -0.4 is 10.6 Å². The number of ether oxygens (including phenoxy) is 2. The van der Waals surface area contributed by atoms with Crippen LogP contribution in [-0.2, 0) is 23.9 Å². The molecule has 13 heteroatoms. The molecule has 2 saturated heterocycles. The lowest BCUT2D eigenvalue weighted by atomic mass is 9.86. The average molecular weight is 643 g/mol. The monoisotopic (exact) mass is 642 g/mol. The first-order valence-corrected chi connectivity index (χ1v) is 17.2. The van der Waals surface area contributed by atoms with Crippen LogP contribution in [-0.4, -0.2) is 93.2 Å². The number of fused-ring (bicyclic) bond motifs is 1. The van der Waals surface area contributed by atoms with E-state index in [9.17, 15) is 34.8 Å². The van der Waals surface area contributed by atoms with Crippen LogP contribution in [0.4, 0.5) is 0 Å². The third kappa shape index (κ3) is 10.6. The first-order chi connectivity index (χ1) is 20.5. The molecule has 2 fully saturated rings. The predicted octanol–water partition coefficient (Wildman–Crippen LogP) is 2.10. The fraction of sp³-hybridized carbons (Fsp3) is 0.700. The summed E-state index contributed by atoms with van der Waals surface area (Å²) in [5.74, 6) is -1.30. The third-order valence-corrected chi connectivity index (χ3v) is 10.5. The van der Waals surface area contributed by atoms with Gasteiger partial charge in [-0.3, -0.25) is 9.59 Å². The maximum atomic E-state index is 12.3. The highest BCUT2D eigenvalue weighted by molar-refractivity contribution is 8.78. The highest BCUT2D eigenvalue weighted by atomic mass is 33.1. The van der Waals surface area contributed by atoms with Gasteiger partial charge in [0.2, 0.25) is 11.8 Å². The van der Waals surface area contributed by atoms with Gasteiger partial charge in [0, 0.05) is 29.5 Å². The van der Waals surface area contributed by atoms with Gasteiger partial charge in [-0.15, -0.1) is 0 Å². The summed E-state index contributed by atoms with van der Waals surface area (Å²) in [5, 5.41) is 48.9. The zero-order valence-electron chi connectivity index (χ0n) is 25.0. The van der Waals surface area contributed by atoms with Crippen LogP contribution in [0.15, 0.2) is 34.9 Å². The van der Waals surface area contributed by atoms with E-state index in [0.717, 1.165) is 25.0 Å². The third-order valence-electron chi connectivity index (χ3n) is 8.04. The molecular weight excluding hydrogens is 596 g/mol. The molecule has 0 radical (unpaired) electrons. The molecule has 242 valence electrons. The van der Waals surface area contributed by atoms with Crippen molar-refractivity contribution in [2.24, 2.45) is 11.8 Å². The molecule has 0 bridgehead atoms. The van der Waals surface area contributed by atoms with Crippen LogP contribution in [0.25, 0.3) is 0 Å². The van der Waals surface area contributed by atoms with Crippen molar-refractivity contribution < 1.29 is 44.3 Å². The summed E-state index contributed by atoms with van der Waals surface area (Å²) < 4.78 is 10.9. The van der Waals surface area contributed by atoms with E-state index in [4.69, 9.17) is 9.47 Å². The van der Waals surface area contributed by atoms with Crippen molar-refractivity contribution in [1.82, 2.24) is 10.6 Å². The Bertz CT molecular complexity index is 1050. The second-order valence-electron chi connectivity index (χ2n) is 11.5. The van der Waals surface area contributed by atoms with E-state index in [0.29, 0.717) is 25.7 Å². The van der Waals surface area contributed by atoms with Gasteiger partial charge in [0.25, 0.3) is 0 Å². The normalized spacial score (nSPS) is 29.5. The highest BCUT2D eigenvalue weighted by Gasteiger charge is 2.43. The fourth-order valence-electron chi connectivity index (χ4n) is 5.02. The van der Waals surface area contributed by atoms with Gasteiger partial charge in [0.15, 0.2) is 0 Å². The molecule has 3 aliphatic heterocycles. The zero-order valence-corrected chi connectivity index (χ0v) is 26.6. The van der Waals surface area contributed by atoms with Crippen LogP contribution in [0.2, 0.25) is 0 Å². The molecule has 2 amide bonds. The number of allylic oxidation sites excluding steroid dienone is 1. The molecule has 9 atom stereocenters. The number of unbranched alkanes of at least 4 members (excludes halogenated alkanes) is 4. The molecular formula is C30H46N2O9S2. The Labute approximate surface area is 261 Å². The quantitative estimate of drug-likeness (QED) is 0.0478. The summed E-state index contributed by atoms with van der Waals surface area (Å²) in [7, 11) is 3.12. The molecule has 3 rings (SSSR count). The van der Waals surface area contributed by atoms with Crippen molar-refractivity contribution >= 4 is 39.4 Å². The van der Waals surface area contributed by atoms with E-state index in [1.807, 2.05) is 24.5 Å². The lowest BCUT2D eigenvalue weighted by molar-refractivity contribution is -0.187. The van der Waals surface area contributed by atoms with Crippen molar-refractivity contribution in [3.63, 3.8) is 0 Å². The predicted molar refractivity (Wildman–Crippen MR) is 165 cm³/mol. The number of hydrogen-bond donors (Lipinski definition) is 6. The molecule has 6 N–H and O–H groups in total. The lowest BCUT2D eigenvalue weighted by Crippen LogP contribution is -2.54. The molecule has 0 aromatic carbocycles. The number of carbonyl (C=O) groups excluding carboxylic acids is 3. The van der Waals surface area contributed by atoms with Gasteiger partial charge in [-0.05, 0) is 44.6 Å². The van der Waals surface area contributed by atoms with E-state index in [2.05, 4.69) is 10.6 Å². The topological polar surface area (TPSA) is 175 Å². The van der Waals surface area contributed by atoms with Crippen molar-refractivity contribution in [2.45, 2.75) is 108 Å². The second kappa shape index (κ2) is 17.6. The Balaban J connectivity index is 1.26. The van der Waals surface area contributed by atoms with Crippen LogP contribution in [0.3, 0.4) is 0 Å². The maximum absolute atomic E-state index is 12.3. The lowest BCUT2D eigenvalue weighted by Gasteiger charge is -2.39. The molecule has 3 unspecified atom stereocenters. The van der Waals surface area contributed by atoms with Crippen LogP contribution in [0, 0.1) is 11.8 Å². The number of aliphatic hydroxyl groups excluding tert-OH is 4. The summed E-state index contributed by atoms with van der Waals surface area (Å²) >= 11 is 0. The molecule has 3 heterocycles. The van der Waals surface area contributed by atoms with Crippen LogP contribution >= 0.6 is 21.6 Å². The number of nitrogens with one attached hydrogen (secondary N) is 2. The number of esters is 1. The number of aliphatic hydroxyl groups is 4. The van der Waals surface area contributed by atoms with E-state index in [1.165, 1.54) is 13.0 Å². The van der Waals surface area contributed by atoms with Crippen molar-refractivity contribution in [3.05, 3.63) is 34.9 Å². The second-order valence-corrected chi connectivity index (χ2v) is 13.8. The maximum Gasteiger partial charge on any atom is 0.330 e. The number of carbonyl (C=O) groups is 3. The summed E-state index contributed by atoms with van der Waals surface area (Å²) in [4.78, 5) is 36.5. The Kier molecular flexibility index (Phi) is 14.6. The van der Waals surface area contributed by atoms with Gasteiger partial charge in [-0.1, -0.05) is 59.9 Å². The fourth-order valence-corrected chi connectivity index (χ4v) is 7.61. The van der Waals surface area contributed by atoms with Gasteiger partial charge in [-0.25, -0.2) is 4.79 Å². The molecule has 43 heavy (non-hydrogen) atoms. The molecule has 0 aliphatic carbocycles. The number of rotatable bonds is 16. The minimum atomic E-state index is -1.33. The van der Waals surface area contributed by atoms with Crippen molar-refractivity contribution in [1.29, 1.82) is 0 Å². The smallest absolute Gasteiger partial charge is 0.330 e. The Morgan fingerprint density at radius 3 is 2.63 bits per heavy atom. The minimum absolute atomic E-state index is 0.0374. The first-order valence-electron chi connectivity index (χ1n) is 15.0. The van der Waals surface area contributed by atoms with Crippen LogP contribution in [0.1, 0.15) is 65.7 Å². The average Bonchev–Trinajstić information content (AvgIpc) is 3.53. The summed E-state index contributed by atoms with van der Waals surface area (Å²) in [6, 6.07) is -0.518. The summed E-state index contributed by atoms with van der Waals surface area (Å²) in [6.45, 7) is 5.46. The van der Waals surface area contributed by atoms with E-state index >= 15 is 0 Å². The van der Waals surface area contributed by atoms with Gasteiger partial charge >= 0.3 is 5.97 Å². The van der Waals surface area contributed by atoms with Gasteiger partial charge < -0.3 is 40.5 Å². The number of hydrogen-bond acceptors (Lipinski definition) is 11. The molecule has 0 aromatic heterocycles. The van der Waals surface area contributed by atoms with Crippen LogP contribution in [0.5, 0.6) is 0 Å². The Hall–Kier alpha value is -1.87. The molecule has 11 nitrogen and oxygen atoms in total. The van der Waals surface area contributed by atoms with Gasteiger partial charge in [-0.2, -0.15) is 0 Å². The minimum Gasteiger partial charge on any atom is -0.463 e. The molecule has 0 spiro atoms. The Morgan fingerprint density at radius 2 is 1.88 bits per heavy atom. The standard InChI is InChI=1S/C30H46N2O9S2/c1-17(19(3)33)10-9-11-20-15-41-28(27(38)26(20)37)25(36)18(2)14-23(35)40-13-8-6-4-5-7-12-22(34)32-24-29-21(16-42-43-29)31-30(24)39/h9-10,14,16-17,19-20,24-29,33,36-38H,4-8,11-13,15H2,1-3H3,(H,31,39)(H,32,34)/b10-9+,18-14+/t17-,19+,20+,24?,25?,26-,27-,28+,29?/m1/s1. The van der Waals surface area contributed by atoms with Gasteiger partial charge in [0.1, 0.15) is 24.4 Å². The van der Waals surface area contributed by atoms with Crippen molar-refractivity contribution in [2.75, 3.05) is 13.2 Å². The van der Waals surface area contributed by atoms with E-state index < -0.39 is 42.5 Å². The SMILES string of the molecule is C/C(=C\C(=O)OCCCCCCCC(=O)NC1C(=O)NC2=CSSC21)C(O)[C@@H]1OC[C@H](C/C=C/[C@@H](C)[C@H](C)O)[C@@H](O)[C@H]1O. The largest absolute Gasteiger partial charge is 0.463 e.